The van der Waals surface area contributed by atoms with Crippen LogP contribution in [0.1, 0.15) is 21.5 Å². The summed E-state index contributed by atoms with van der Waals surface area (Å²) in [4.78, 5) is 12.4. The SMILES string of the molecule is COC(=O)c1cccc(C#CN(Cc2ccccc2F)S(=O)(=O)c2cccs2)c1-n1cccc1. The Kier molecular flexibility index (Phi) is 6.82. The van der Waals surface area contributed by atoms with Crippen molar-refractivity contribution in [2.75, 3.05) is 7.11 Å². The highest BCUT2D eigenvalue weighted by Crippen LogP contribution is 2.24. The van der Waals surface area contributed by atoms with Gasteiger partial charge in [0, 0.05) is 24.0 Å². The zero-order valence-electron chi connectivity index (χ0n) is 18.0. The van der Waals surface area contributed by atoms with Crippen molar-refractivity contribution in [2.24, 2.45) is 0 Å². The number of benzene rings is 2. The first-order valence-electron chi connectivity index (χ1n) is 10.1. The van der Waals surface area contributed by atoms with E-state index in [0.717, 1.165) is 15.6 Å². The van der Waals surface area contributed by atoms with Gasteiger partial charge in [0.15, 0.2) is 0 Å². The molecule has 34 heavy (non-hydrogen) atoms. The van der Waals surface area contributed by atoms with E-state index in [1.165, 1.54) is 31.4 Å². The highest BCUT2D eigenvalue weighted by molar-refractivity contribution is 7.91. The summed E-state index contributed by atoms with van der Waals surface area (Å²) in [6.07, 6.45) is 3.49. The molecule has 2 heterocycles. The van der Waals surface area contributed by atoms with E-state index in [-0.39, 0.29) is 21.9 Å². The van der Waals surface area contributed by atoms with Gasteiger partial charge in [-0.3, -0.25) is 0 Å². The van der Waals surface area contributed by atoms with Gasteiger partial charge in [0.25, 0.3) is 10.0 Å². The lowest BCUT2D eigenvalue weighted by molar-refractivity contribution is 0.0600. The highest BCUT2D eigenvalue weighted by Gasteiger charge is 2.25. The molecule has 4 rings (SSSR count). The molecule has 2 aromatic carbocycles. The average molecular weight is 495 g/mol. The van der Waals surface area contributed by atoms with Crippen molar-refractivity contribution in [1.29, 1.82) is 0 Å². The highest BCUT2D eigenvalue weighted by atomic mass is 32.2. The second-order valence-electron chi connectivity index (χ2n) is 7.06. The molecule has 0 bridgehead atoms. The summed E-state index contributed by atoms with van der Waals surface area (Å²) < 4.78 is 48.6. The predicted molar refractivity (Wildman–Crippen MR) is 127 cm³/mol. The molecular weight excluding hydrogens is 475 g/mol. The van der Waals surface area contributed by atoms with Gasteiger partial charge >= 0.3 is 5.97 Å². The van der Waals surface area contributed by atoms with E-state index in [9.17, 15) is 17.6 Å². The number of thiophene rings is 1. The molecule has 0 aliphatic carbocycles. The fourth-order valence-electron chi connectivity index (χ4n) is 3.29. The van der Waals surface area contributed by atoms with Crippen LogP contribution in [0.25, 0.3) is 5.69 Å². The monoisotopic (exact) mass is 494 g/mol. The van der Waals surface area contributed by atoms with Crippen LogP contribution in [0.5, 0.6) is 0 Å². The van der Waals surface area contributed by atoms with Crippen LogP contribution in [0.2, 0.25) is 0 Å². The number of nitrogens with zero attached hydrogens (tertiary/aromatic N) is 2. The molecule has 4 aromatic rings. The Labute approximate surface area is 200 Å². The summed E-state index contributed by atoms with van der Waals surface area (Å²) in [6, 6.07) is 20.2. The smallest absolute Gasteiger partial charge is 0.340 e. The number of para-hydroxylation sites is 1. The van der Waals surface area contributed by atoms with Gasteiger partial charge in [-0.25, -0.2) is 13.5 Å². The molecule has 0 spiro atoms. The lowest BCUT2D eigenvalue weighted by Gasteiger charge is -2.17. The quantitative estimate of drug-likeness (QED) is 0.222. The number of halogens is 1. The fourth-order valence-corrected chi connectivity index (χ4v) is 5.60. The van der Waals surface area contributed by atoms with Crippen molar-refractivity contribution in [1.82, 2.24) is 8.87 Å². The van der Waals surface area contributed by atoms with Gasteiger partial charge in [-0.15, -0.1) is 11.3 Å². The molecule has 0 saturated heterocycles. The third-order valence-corrected chi connectivity index (χ3v) is 7.96. The second kappa shape index (κ2) is 9.95. The molecule has 0 unspecified atom stereocenters. The molecule has 6 nitrogen and oxygen atoms in total. The minimum absolute atomic E-state index is 0.0899. The summed E-state index contributed by atoms with van der Waals surface area (Å²) >= 11 is 1.05. The molecule has 9 heteroatoms. The molecule has 2 aromatic heterocycles. The number of esters is 1. The maximum atomic E-state index is 14.4. The number of rotatable bonds is 6. The number of carbonyl (C=O) groups is 1. The van der Waals surface area contributed by atoms with E-state index < -0.39 is 21.8 Å². The van der Waals surface area contributed by atoms with Gasteiger partial charge in [0.05, 0.1) is 30.5 Å². The molecule has 0 aliphatic heterocycles. The van der Waals surface area contributed by atoms with Crippen LogP contribution in [0.4, 0.5) is 4.39 Å². The number of carbonyl (C=O) groups excluding carboxylic acids is 1. The topological polar surface area (TPSA) is 68.6 Å². The van der Waals surface area contributed by atoms with Crippen molar-refractivity contribution in [2.45, 2.75) is 10.8 Å². The van der Waals surface area contributed by atoms with Gasteiger partial charge in [-0.05, 0) is 47.7 Å². The number of methoxy groups -OCH3 is 1. The van der Waals surface area contributed by atoms with Crippen molar-refractivity contribution in [3.8, 4) is 17.7 Å². The minimum atomic E-state index is -4.03. The van der Waals surface area contributed by atoms with Crippen molar-refractivity contribution in [3.63, 3.8) is 0 Å². The average Bonchev–Trinajstić information content (AvgIpc) is 3.57. The molecule has 0 N–H and O–H groups in total. The first kappa shape index (κ1) is 23.3. The molecule has 0 amide bonds. The largest absolute Gasteiger partial charge is 0.465 e. The van der Waals surface area contributed by atoms with E-state index in [1.54, 1.807) is 64.8 Å². The number of hydrogen-bond donors (Lipinski definition) is 0. The van der Waals surface area contributed by atoms with Crippen LogP contribution >= 0.6 is 11.3 Å². The third-order valence-electron chi connectivity index (χ3n) is 4.93. The summed E-state index contributed by atoms with van der Waals surface area (Å²) in [5, 5.41) is 1.64. The van der Waals surface area contributed by atoms with Gasteiger partial charge in [-0.2, -0.15) is 8.42 Å². The van der Waals surface area contributed by atoms with Gasteiger partial charge in [0.1, 0.15) is 10.0 Å². The summed E-state index contributed by atoms with van der Waals surface area (Å²) in [7, 11) is -2.75. The van der Waals surface area contributed by atoms with Crippen LogP contribution in [0, 0.1) is 17.8 Å². The zero-order valence-corrected chi connectivity index (χ0v) is 19.6. The Bertz CT molecular complexity index is 1470. The summed E-state index contributed by atoms with van der Waals surface area (Å²) in [5.74, 6) is 1.79. The van der Waals surface area contributed by atoms with E-state index in [1.807, 2.05) is 0 Å². The molecular formula is C25H19FN2O4S2. The van der Waals surface area contributed by atoms with E-state index >= 15 is 0 Å². The van der Waals surface area contributed by atoms with Gasteiger partial charge in [-0.1, -0.05) is 30.3 Å². The van der Waals surface area contributed by atoms with Crippen LogP contribution in [0.15, 0.2) is 88.7 Å². The van der Waals surface area contributed by atoms with Crippen LogP contribution in [-0.2, 0) is 21.3 Å². The minimum Gasteiger partial charge on any atom is -0.465 e. The molecule has 172 valence electrons. The Morgan fingerprint density at radius 3 is 2.50 bits per heavy atom. The third kappa shape index (κ3) is 4.73. The maximum Gasteiger partial charge on any atom is 0.340 e. The zero-order chi connectivity index (χ0) is 24.1. The van der Waals surface area contributed by atoms with E-state index in [2.05, 4.69) is 12.0 Å². The summed E-state index contributed by atoms with van der Waals surface area (Å²) in [6.45, 7) is -0.282. The fraction of sp³-hybridized carbons (Fsp3) is 0.0800. The lowest BCUT2D eigenvalue weighted by atomic mass is 10.1. The number of sulfonamides is 1. The Morgan fingerprint density at radius 1 is 1.06 bits per heavy atom. The van der Waals surface area contributed by atoms with Crippen molar-refractivity contribution >= 4 is 27.3 Å². The maximum absolute atomic E-state index is 14.4. The number of ether oxygens (including phenoxy) is 1. The standard InChI is InChI=1S/C25H19FN2O4S2/c1-32-25(29)21-10-6-9-19(24(21)27-14-4-5-15-27)13-16-28(18-20-8-2-3-11-22(20)26)34(30,31)23-12-7-17-33-23/h2-12,14-15,17H,18H2,1H3. The predicted octanol–water partition coefficient (Wildman–Crippen LogP) is 4.66. The normalized spacial score (nSPS) is 10.9. The van der Waals surface area contributed by atoms with Crippen LogP contribution in [0.3, 0.4) is 0 Å². The number of hydrogen-bond acceptors (Lipinski definition) is 5. The Morgan fingerprint density at radius 2 is 1.82 bits per heavy atom. The van der Waals surface area contributed by atoms with Gasteiger partial charge < -0.3 is 9.30 Å². The van der Waals surface area contributed by atoms with Gasteiger partial charge in [0.2, 0.25) is 0 Å². The van der Waals surface area contributed by atoms with E-state index in [4.69, 9.17) is 4.74 Å². The Hall–Kier alpha value is -3.87. The first-order chi connectivity index (χ1) is 16.4. The van der Waals surface area contributed by atoms with E-state index in [0.29, 0.717) is 11.3 Å². The Balaban J connectivity index is 1.84. The molecule has 0 fully saturated rings. The molecule has 0 atom stereocenters. The van der Waals surface area contributed by atoms with Crippen molar-refractivity contribution in [3.05, 3.63) is 107 Å². The van der Waals surface area contributed by atoms with Crippen LogP contribution < -0.4 is 0 Å². The summed E-state index contributed by atoms with van der Waals surface area (Å²) in [5.41, 5.74) is 1.31. The lowest BCUT2D eigenvalue weighted by Crippen LogP contribution is -2.26. The second-order valence-corrected chi connectivity index (χ2v) is 10.1. The van der Waals surface area contributed by atoms with Crippen LogP contribution in [-0.4, -0.2) is 30.4 Å². The molecule has 0 radical (unpaired) electrons. The number of aromatic nitrogens is 1. The molecule has 0 aliphatic rings. The van der Waals surface area contributed by atoms with Crippen molar-refractivity contribution < 1.29 is 22.3 Å². The molecule has 0 saturated carbocycles. The first-order valence-corrected chi connectivity index (χ1v) is 12.4.